The molecule has 0 bridgehead atoms. The number of hydrazone groups is 1. The van der Waals surface area contributed by atoms with E-state index in [0.717, 1.165) is 24.1 Å². The van der Waals surface area contributed by atoms with E-state index >= 15 is 0 Å². The fraction of sp³-hybridized carbons (Fsp3) is 0.318. The minimum Gasteiger partial charge on any atom is -0.490 e. The largest absolute Gasteiger partial charge is 0.490 e. The van der Waals surface area contributed by atoms with Gasteiger partial charge in [-0.3, -0.25) is 9.20 Å². The maximum atomic E-state index is 12.6. The van der Waals surface area contributed by atoms with E-state index in [2.05, 4.69) is 22.4 Å². The van der Waals surface area contributed by atoms with Crippen molar-refractivity contribution in [1.29, 1.82) is 0 Å². The zero-order valence-electron chi connectivity index (χ0n) is 17.0. The molecule has 7 nitrogen and oxygen atoms in total. The van der Waals surface area contributed by atoms with Gasteiger partial charge in [-0.15, -0.1) is 0 Å². The Hall–Kier alpha value is -3.35. The van der Waals surface area contributed by atoms with Gasteiger partial charge in [0.05, 0.1) is 25.1 Å². The molecule has 0 fully saturated rings. The molecule has 1 N–H and O–H groups in total. The summed E-state index contributed by atoms with van der Waals surface area (Å²) in [7, 11) is 0. The van der Waals surface area contributed by atoms with Crippen molar-refractivity contribution in [3.8, 4) is 11.5 Å². The number of rotatable bonds is 9. The lowest BCUT2D eigenvalue weighted by molar-refractivity contribution is 0.0948. The van der Waals surface area contributed by atoms with Crippen molar-refractivity contribution < 1.29 is 14.3 Å². The molecule has 3 aromatic rings. The molecule has 1 aromatic carbocycles. The number of aryl methyl sites for hydroxylation is 1. The molecule has 152 valence electrons. The molecule has 0 radical (unpaired) electrons. The lowest BCUT2D eigenvalue weighted by atomic mass is 10.2. The number of amides is 1. The maximum absolute atomic E-state index is 12.6. The van der Waals surface area contributed by atoms with E-state index in [1.165, 1.54) is 0 Å². The van der Waals surface area contributed by atoms with Gasteiger partial charge in [0, 0.05) is 6.20 Å². The Kier molecular flexibility index (Phi) is 6.84. The van der Waals surface area contributed by atoms with E-state index in [-0.39, 0.29) is 5.91 Å². The van der Waals surface area contributed by atoms with Gasteiger partial charge in [0.2, 0.25) is 0 Å². The summed E-state index contributed by atoms with van der Waals surface area (Å²) in [6.45, 7) is 7.04. The Bertz CT molecular complexity index is 1010. The maximum Gasteiger partial charge on any atom is 0.290 e. The molecule has 2 aromatic heterocycles. The topological polar surface area (TPSA) is 77.2 Å². The molecule has 0 aliphatic carbocycles. The summed E-state index contributed by atoms with van der Waals surface area (Å²) in [6, 6.07) is 11.2. The number of carbonyl (C=O) groups excluding carboxylic acids is 1. The minimum atomic E-state index is -0.318. The zero-order valence-corrected chi connectivity index (χ0v) is 17.0. The third-order valence-electron chi connectivity index (χ3n) is 4.32. The number of carbonyl (C=O) groups is 1. The molecule has 0 spiro atoms. The highest BCUT2D eigenvalue weighted by Crippen LogP contribution is 2.28. The van der Waals surface area contributed by atoms with Crippen molar-refractivity contribution in [3.63, 3.8) is 0 Å². The number of ether oxygens (including phenoxy) is 2. The van der Waals surface area contributed by atoms with E-state index in [4.69, 9.17) is 9.47 Å². The van der Waals surface area contributed by atoms with Gasteiger partial charge in [0.25, 0.3) is 5.91 Å². The summed E-state index contributed by atoms with van der Waals surface area (Å²) < 4.78 is 13.2. The second kappa shape index (κ2) is 9.73. The third kappa shape index (κ3) is 4.93. The van der Waals surface area contributed by atoms with Crippen LogP contribution in [0.3, 0.4) is 0 Å². The Balaban J connectivity index is 1.71. The lowest BCUT2D eigenvalue weighted by Crippen LogP contribution is -2.20. The van der Waals surface area contributed by atoms with Crippen LogP contribution in [0.15, 0.2) is 47.7 Å². The summed E-state index contributed by atoms with van der Waals surface area (Å²) in [5.41, 5.74) is 5.21. The Morgan fingerprint density at radius 1 is 1.21 bits per heavy atom. The van der Waals surface area contributed by atoms with E-state index in [1.807, 2.05) is 43.3 Å². The van der Waals surface area contributed by atoms with Crippen molar-refractivity contribution in [3.05, 3.63) is 59.5 Å². The van der Waals surface area contributed by atoms with Gasteiger partial charge in [-0.1, -0.05) is 19.4 Å². The SMILES string of the molecule is CCCCOc1ccc(/C=N\NC(=O)c2c(C)nc3ccccn23)cc1OCC. The number of benzene rings is 1. The first kappa shape index (κ1) is 20.4. The minimum absolute atomic E-state index is 0.318. The number of nitrogens with zero attached hydrogens (tertiary/aromatic N) is 3. The van der Waals surface area contributed by atoms with Crippen molar-refractivity contribution >= 4 is 17.8 Å². The van der Waals surface area contributed by atoms with Gasteiger partial charge in [-0.05, 0) is 56.2 Å². The predicted octanol–water partition coefficient (Wildman–Crippen LogP) is 3.98. The van der Waals surface area contributed by atoms with Crippen LogP contribution in [-0.2, 0) is 0 Å². The normalized spacial score (nSPS) is 11.1. The molecule has 0 aliphatic rings. The van der Waals surface area contributed by atoms with Crippen LogP contribution in [0.4, 0.5) is 0 Å². The van der Waals surface area contributed by atoms with Crippen molar-refractivity contribution in [1.82, 2.24) is 14.8 Å². The molecule has 2 heterocycles. The molecular weight excluding hydrogens is 368 g/mol. The molecule has 3 rings (SSSR count). The van der Waals surface area contributed by atoms with Crippen LogP contribution in [0.2, 0.25) is 0 Å². The summed E-state index contributed by atoms with van der Waals surface area (Å²) in [6.07, 6.45) is 5.44. The van der Waals surface area contributed by atoms with E-state index in [1.54, 1.807) is 23.7 Å². The van der Waals surface area contributed by atoms with Gasteiger partial charge in [-0.2, -0.15) is 5.10 Å². The highest BCUT2D eigenvalue weighted by Gasteiger charge is 2.15. The number of hydrogen-bond donors (Lipinski definition) is 1. The highest BCUT2D eigenvalue weighted by atomic mass is 16.5. The molecule has 7 heteroatoms. The van der Waals surface area contributed by atoms with Gasteiger partial charge < -0.3 is 9.47 Å². The van der Waals surface area contributed by atoms with Crippen LogP contribution in [0, 0.1) is 6.92 Å². The van der Waals surface area contributed by atoms with Crippen LogP contribution in [0.25, 0.3) is 5.65 Å². The fourth-order valence-corrected chi connectivity index (χ4v) is 2.92. The van der Waals surface area contributed by atoms with E-state index < -0.39 is 0 Å². The first-order valence-corrected chi connectivity index (χ1v) is 9.80. The quantitative estimate of drug-likeness (QED) is 0.338. The van der Waals surface area contributed by atoms with Crippen LogP contribution in [-0.4, -0.2) is 34.7 Å². The molecule has 0 atom stereocenters. The number of pyridine rings is 1. The Labute approximate surface area is 170 Å². The molecule has 1 amide bonds. The fourth-order valence-electron chi connectivity index (χ4n) is 2.92. The Morgan fingerprint density at radius 3 is 2.86 bits per heavy atom. The standard InChI is InChI=1S/C22H26N4O3/c1-4-6-13-29-18-11-10-17(14-19(18)28-5-2)15-23-25-22(27)21-16(3)24-20-9-7-8-12-26(20)21/h7-12,14-15H,4-6,13H2,1-3H3,(H,25,27)/b23-15-. The highest BCUT2D eigenvalue weighted by molar-refractivity contribution is 5.95. The number of fused-ring (bicyclic) bond motifs is 1. The summed E-state index contributed by atoms with van der Waals surface area (Å²) >= 11 is 0. The number of imidazole rings is 1. The summed E-state index contributed by atoms with van der Waals surface area (Å²) in [5.74, 6) is 1.06. The molecule has 29 heavy (non-hydrogen) atoms. The number of aromatic nitrogens is 2. The van der Waals surface area contributed by atoms with E-state index in [0.29, 0.717) is 36.1 Å². The summed E-state index contributed by atoms with van der Waals surface area (Å²) in [4.78, 5) is 17.0. The van der Waals surface area contributed by atoms with Crippen LogP contribution < -0.4 is 14.9 Å². The third-order valence-corrected chi connectivity index (χ3v) is 4.32. The lowest BCUT2D eigenvalue weighted by Gasteiger charge is -2.12. The summed E-state index contributed by atoms with van der Waals surface area (Å²) in [5, 5.41) is 4.09. The molecular formula is C22H26N4O3. The van der Waals surface area contributed by atoms with Crippen LogP contribution in [0.5, 0.6) is 11.5 Å². The average molecular weight is 394 g/mol. The van der Waals surface area contributed by atoms with Crippen molar-refractivity contribution in [2.75, 3.05) is 13.2 Å². The molecule has 0 aliphatic heterocycles. The van der Waals surface area contributed by atoms with Crippen molar-refractivity contribution in [2.45, 2.75) is 33.6 Å². The van der Waals surface area contributed by atoms with Gasteiger partial charge in [0.15, 0.2) is 11.5 Å². The van der Waals surface area contributed by atoms with Gasteiger partial charge in [-0.25, -0.2) is 10.4 Å². The Morgan fingerprint density at radius 2 is 2.07 bits per heavy atom. The van der Waals surface area contributed by atoms with E-state index in [9.17, 15) is 4.79 Å². The first-order chi connectivity index (χ1) is 14.1. The second-order valence-electron chi connectivity index (χ2n) is 6.51. The number of nitrogens with one attached hydrogen (secondary N) is 1. The first-order valence-electron chi connectivity index (χ1n) is 9.80. The van der Waals surface area contributed by atoms with Crippen molar-refractivity contribution in [2.24, 2.45) is 5.10 Å². The number of unbranched alkanes of at least 4 members (excludes halogenated alkanes) is 1. The average Bonchev–Trinajstić information content (AvgIpc) is 3.05. The molecule has 0 unspecified atom stereocenters. The molecule has 0 saturated heterocycles. The smallest absolute Gasteiger partial charge is 0.290 e. The van der Waals surface area contributed by atoms with Gasteiger partial charge >= 0.3 is 0 Å². The predicted molar refractivity (Wildman–Crippen MR) is 113 cm³/mol. The number of hydrogen-bond acceptors (Lipinski definition) is 5. The molecule has 0 saturated carbocycles. The zero-order chi connectivity index (χ0) is 20.6. The van der Waals surface area contributed by atoms with Gasteiger partial charge in [0.1, 0.15) is 11.3 Å². The monoisotopic (exact) mass is 394 g/mol. The van der Waals surface area contributed by atoms with Crippen LogP contribution in [0.1, 0.15) is 48.4 Å². The second-order valence-corrected chi connectivity index (χ2v) is 6.51. The van der Waals surface area contributed by atoms with Crippen LogP contribution >= 0.6 is 0 Å².